The SMILES string of the molecule is CNc1ncnc(Nc2ccc(F)c(Br)c2)c1OC. The lowest BCUT2D eigenvalue weighted by Crippen LogP contribution is -2.03. The lowest BCUT2D eigenvalue weighted by Gasteiger charge is -2.12. The largest absolute Gasteiger partial charge is 0.490 e. The van der Waals surface area contributed by atoms with Crippen LogP contribution in [-0.4, -0.2) is 24.1 Å². The van der Waals surface area contributed by atoms with Crippen molar-refractivity contribution in [1.29, 1.82) is 0 Å². The molecule has 1 heterocycles. The molecule has 0 fully saturated rings. The van der Waals surface area contributed by atoms with Gasteiger partial charge in [-0.25, -0.2) is 14.4 Å². The quantitative estimate of drug-likeness (QED) is 0.903. The highest BCUT2D eigenvalue weighted by Gasteiger charge is 2.11. The number of rotatable bonds is 4. The van der Waals surface area contributed by atoms with Gasteiger partial charge in [-0.3, -0.25) is 0 Å². The Morgan fingerprint density at radius 2 is 2.00 bits per heavy atom. The second kappa shape index (κ2) is 5.83. The number of hydrogen-bond acceptors (Lipinski definition) is 5. The van der Waals surface area contributed by atoms with Gasteiger partial charge in [-0.1, -0.05) is 0 Å². The smallest absolute Gasteiger partial charge is 0.204 e. The molecule has 0 bridgehead atoms. The summed E-state index contributed by atoms with van der Waals surface area (Å²) in [4.78, 5) is 8.15. The van der Waals surface area contributed by atoms with E-state index in [1.807, 2.05) is 0 Å². The Morgan fingerprint density at radius 1 is 1.26 bits per heavy atom. The maximum Gasteiger partial charge on any atom is 0.204 e. The predicted molar refractivity (Wildman–Crippen MR) is 75.5 cm³/mol. The van der Waals surface area contributed by atoms with Gasteiger partial charge in [0, 0.05) is 12.7 Å². The van der Waals surface area contributed by atoms with Crippen LogP contribution in [0.25, 0.3) is 0 Å². The van der Waals surface area contributed by atoms with E-state index in [2.05, 4.69) is 36.5 Å². The molecule has 0 unspecified atom stereocenters. The van der Waals surface area contributed by atoms with E-state index in [-0.39, 0.29) is 5.82 Å². The molecule has 0 radical (unpaired) electrons. The van der Waals surface area contributed by atoms with Crippen LogP contribution in [0, 0.1) is 5.82 Å². The van der Waals surface area contributed by atoms with Crippen LogP contribution in [0.1, 0.15) is 0 Å². The van der Waals surface area contributed by atoms with E-state index in [1.54, 1.807) is 19.2 Å². The molecular formula is C12H12BrFN4O. The molecule has 0 aliphatic heterocycles. The maximum atomic E-state index is 13.2. The highest BCUT2D eigenvalue weighted by molar-refractivity contribution is 9.10. The molecule has 100 valence electrons. The third-order valence-corrected chi connectivity index (χ3v) is 3.03. The minimum atomic E-state index is -0.323. The van der Waals surface area contributed by atoms with Crippen molar-refractivity contribution in [2.75, 3.05) is 24.8 Å². The van der Waals surface area contributed by atoms with Crippen molar-refractivity contribution in [3.8, 4) is 5.75 Å². The molecule has 0 aliphatic carbocycles. The van der Waals surface area contributed by atoms with Crippen molar-refractivity contribution in [3.63, 3.8) is 0 Å². The summed E-state index contributed by atoms with van der Waals surface area (Å²) in [6.07, 6.45) is 1.41. The molecule has 19 heavy (non-hydrogen) atoms. The lowest BCUT2D eigenvalue weighted by molar-refractivity contribution is 0.415. The topological polar surface area (TPSA) is 59.1 Å². The Morgan fingerprint density at radius 3 is 2.63 bits per heavy atom. The second-order valence-corrected chi connectivity index (χ2v) is 4.46. The summed E-state index contributed by atoms with van der Waals surface area (Å²) >= 11 is 3.13. The Bertz CT molecular complexity index is 594. The zero-order chi connectivity index (χ0) is 13.8. The summed E-state index contributed by atoms with van der Waals surface area (Å²) in [5.41, 5.74) is 0.687. The van der Waals surface area contributed by atoms with Gasteiger partial charge >= 0.3 is 0 Å². The molecule has 0 amide bonds. The van der Waals surface area contributed by atoms with Crippen molar-refractivity contribution in [1.82, 2.24) is 9.97 Å². The third-order valence-electron chi connectivity index (χ3n) is 2.43. The molecule has 7 heteroatoms. The number of halogens is 2. The summed E-state index contributed by atoms with van der Waals surface area (Å²) < 4.78 is 18.8. The molecule has 1 aromatic carbocycles. The first kappa shape index (κ1) is 13.5. The minimum Gasteiger partial charge on any atom is -0.490 e. The standard InChI is InChI=1S/C12H12BrFN4O/c1-15-11-10(19-2)12(17-6-16-11)18-7-3-4-9(14)8(13)5-7/h3-6H,1-2H3,(H2,15,16,17,18). The first-order valence-corrected chi connectivity index (χ1v) is 6.23. The summed E-state index contributed by atoms with van der Waals surface area (Å²) in [6.45, 7) is 0. The monoisotopic (exact) mass is 326 g/mol. The number of methoxy groups -OCH3 is 1. The molecular weight excluding hydrogens is 315 g/mol. The maximum absolute atomic E-state index is 13.2. The van der Waals surface area contributed by atoms with Gasteiger partial charge in [0.15, 0.2) is 11.6 Å². The van der Waals surface area contributed by atoms with Crippen LogP contribution < -0.4 is 15.4 Å². The van der Waals surface area contributed by atoms with Crippen LogP contribution in [0.4, 0.5) is 21.7 Å². The van der Waals surface area contributed by atoms with Crippen LogP contribution in [0.15, 0.2) is 29.0 Å². The van der Waals surface area contributed by atoms with Gasteiger partial charge < -0.3 is 15.4 Å². The van der Waals surface area contributed by atoms with Gasteiger partial charge in [0.25, 0.3) is 0 Å². The number of nitrogens with zero attached hydrogens (tertiary/aromatic N) is 2. The van der Waals surface area contributed by atoms with Gasteiger partial charge in [0.2, 0.25) is 5.75 Å². The van der Waals surface area contributed by atoms with E-state index in [1.165, 1.54) is 19.5 Å². The van der Waals surface area contributed by atoms with E-state index in [0.717, 1.165) is 0 Å². The number of hydrogen-bond donors (Lipinski definition) is 2. The Balaban J connectivity index is 2.35. The van der Waals surface area contributed by atoms with E-state index >= 15 is 0 Å². The molecule has 2 rings (SSSR count). The molecule has 2 N–H and O–H groups in total. The molecule has 0 aliphatic rings. The van der Waals surface area contributed by atoms with Crippen LogP contribution >= 0.6 is 15.9 Å². The van der Waals surface area contributed by atoms with Crippen LogP contribution in [-0.2, 0) is 0 Å². The van der Waals surface area contributed by atoms with Crippen molar-refractivity contribution in [3.05, 3.63) is 34.8 Å². The molecule has 0 saturated heterocycles. The van der Waals surface area contributed by atoms with Gasteiger partial charge in [-0.05, 0) is 34.1 Å². The highest BCUT2D eigenvalue weighted by Crippen LogP contribution is 2.31. The number of nitrogens with one attached hydrogen (secondary N) is 2. The number of anilines is 3. The number of aromatic nitrogens is 2. The molecule has 0 atom stereocenters. The molecule has 5 nitrogen and oxygen atoms in total. The van der Waals surface area contributed by atoms with Crippen LogP contribution in [0.5, 0.6) is 5.75 Å². The normalized spacial score (nSPS) is 10.1. The van der Waals surface area contributed by atoms with Gasteiger partial charge in [-0.2, -0.15) is 0 Å². The Labute approximate surface area is 118 Å². The van der Waals surface area contributed by atoms with Crippen molar-refractivity contribution in [2.24, 2.45) is 0 Å². The van der Waals surface area contributed by atoms with E-state index in [4.69, 9.17) is 4.74 Å². The lowest BCUT2D eigenvalue weighted by atomic mass is 10.3. The van der Waals surface area contributed by atoms with E-state index in [9.17, 15) is 4.39 Å². The van der Waals surface area contributed by atoms with Gasteiger partial charge in [-0.15, -0.1) is 0 Å². The summed E-state index contributed by atoms with van der Waals surface area (Å²) in [7, 11) is 3.27. The average molecular weight is 327 g/mol. The molecule has 0 saturated carbocycles. The molecule has 2 aromatic rings. The summed E-state index contributed by atoms with van der Waals surface area (Å²) in [6, 6.07) is 4.59. The summed E-state index contributed by atoms with van der Waals surface area (Å²) in [5, 5.41) is 5.96. The third kappa shape index (κ3) is 2.93. The predicted octanol–water partition coefficient (Wildman–Crippen LogP) is 3.17. The minimum absolute atomic E-state index is 0.323. The van der Waals surface area contributed by atoms with Gasteiger partial charge in [0.05, 0.1) is 11.6 Å². The average Bonchev–Trinajstić information content (AvgIpc) is 2.42. The Kier molecular flexibility index (Phi) is 4.16. The van der Waals surface area contributed by atoms with Crippen molar-refractivity contribution in [2.45, 2.75) is 0 Å². The number of benzene rings is 1. The van der Waals surface area contributed by atoms with Gasteiger partial charge in [0.1, 0.15) is 12.1 Å². The van der Waals surface area contributed by atoms with Crippen LogP contribution in [0.3, 0.4) is 0 Å². The summed E-state index contributed by atoms with van der Waals surface area (Å²) in [5.74, 6) is 1.24. The zero-order valence-electron chi connectivity index (χ0n) is 10.4. The van der Waals surface area contributed by atoms with Crippen molar-refractivity contribution >= 4 is 33.3 Å². The fourth-order valence-electron chi connectivity index (χ4n) is 1.54. The molecule has 1 aromatic heterocycles. The first-order chi connectivity index (χ1) is 9.15. The van der Waals surface area contributed by atoms with E-state index < -0.39 is 0 Å². The number of ether oxygens (including phenoxy) is 1. The second-order valence-electron chi connectivity index (χ2n) is 3.61. The zero-order valence-corrected chi connectivity index (χ0v) is 12.0. The van der Waals surface area contributed by atoms with Crippen molar-refractivity contribution < 1.29 is 9.13 Å². The molecule has 0 spiro atoms. The fraction of sp³-hybridized carbons (Fsp3) is 0.167. The fourth-order valence-corrected chi connectivity index (χ4v) is 1.92. The highest BCUT2D eigenvalue weighted by atomic mass is 79.9. The van der Waals surface area contributed by atoms with E-state index in [0.29, 0.717) is 27.5 Å². The first-order valence-electron chi connectivity index (χ1n) is 5.44. The Hall–Kier alpha value is -1.89. The van der Waals surface area contributed by atoms with Crippen LogP contribution in [0.2, 0.25) is 0 Å².